The second-order valence-electron chi connectivity index (χ2n) is 5.92. The summed E-state index contributed by atoms with van der Waals surface area (Å²) in [5, 5.41) is 76.5. The van der Waals surface area contributed by atoms with Gasteiger partial charge < -0.3 is 68.1 Å². The Morgan fingerprint density at radius 2 is 1.52 bits per heavy atom. The van der Waals surface area contributed by atoms with Crippen LogP contribution >= 0.6 is 0 Å². The average Bonchev–Trinajstić information content (AvgIpc) is 2.87. The van der Waals surface area contributed by atoms with Crippen molar-refractivity contribution in [3.8, 4) is 0 Å². The molecule has 0 amide bonds. The van der Waals surface area contributed by atoms with Crippen LogP contribution in [0.15, 0.2) is 0 Å². The van der Waals surface area contributed by atoms with Crippen molar-refractivity contribution in [2.75, 3.05) is 19.8 Å². The third kappa shape index (κ3) is 6.65. The largest absolute Gasteiger partial charge is 2.00 e. The van der Waals surface area contributed by atoms with Crippen LogP contribution in [0.1, 0.15) is 2.85 Å². The summed E-state index contributed by atoms with van der Waals surface area (Å²) in [4.78, 5) is 10.9. The van der Waals surface area contributed by atoms with Crippen molar-refractivity contribution in [2.45, 2.75) is 54.8 Å². The van der Waals surface area contributed by atoms with Gasteiger partial charge in [0.25, 0.3) is 0 Å². The Morgan fingerprint density at radius 3 is 1.97 bits per heavy atom. The summed E-state index contributed by atoms with van der Waals surface area (Å²) in [7, 11) is 0. The molecule has 0 bridgehead atoms. The molecule has 168 valence electrons. The molecule has 0 unspecified atom stereocenters. The summed E-state index contributed by atoms with van der Waals surface area (Å²) in [6.07, 6.45) is -15.3. The molecule has 0 spiro atoms. The molecule has 14 nitrogen and oxygen atoms in total. The molecule has 2 heterocycles. The first-order valence-electron chi connectivity index (χ1n) is 7.66. The van der Waals surface area contributed by atoms with Crippen LogP contribution in [0.3, 0.4) is 0 Å². The van der Waals surface area contributed by atoms with Crippen LogP contribution in [-0.4, -0.2) is 165 Å². The fraction of sp³-hybridized carbons (Fsp3) is 0.923. The second kappa shape index (κ2) is 13.4. The number of hydrogen-bond donors (Lipinski definition) is 8. The SMILES string of the molecule is O.O=C(O)O[C@H]1[C@H](O)[C@@H](CO)O[C@@]1(CO)O[C@H]1O[C@H](CO)[C@@H](O)[C@H](O)[C@H]1O.[Ca+2].[H-].[H-].[Ti]. The Kier molecular flexibility index (Phi) is 14.8. The predicted molar refractivity (Wildman–Crippen MR) is 87.1 cm³/mol. The molecule has 0 saturated carbocycles. The van der Waals surface area contributed by atoms with Crippen molar-refractivity contribution in [1.29, 1.82) is 0 Å². The van der Waals surface area contributed by atoms with Crippen LogP contribution in [0.4, 0.5) is 4.79 Å². The summed E-state index contributed by atoms with van der Waals surface area (Å²) >= 11 is 0. The molecule has 2 saturated heterocycles. The predicted octanol–water partition coefficient (Wildman–Crippen LogP) is -5.68. The van der Waals surface area contributed by atoms with Crippen molar-refractivity contribution in [3.63, 3.8) is 0 Å². The molecule has 2 fully saturated rings. The van der Waals surface area contributed by atoms with E-state index in [2.05, 4.69) is 4.74 Å². The number of ether oxygens (including phenoxy) is 4. The third-order valence-electron chi connectivity index (χ3n) is 4.27. The van der Waals surface area contributed by atoms with Gasteiger partial charge in [-0.15, -0.1) is 0 Å². The van der Waals surface area contributed by atoms with Gasteiger partial charge in [-0.2, -0.15) is 0 Å². The maximum absolute atomic E-state index is 10.9. The number of carboxylic acid groups (broad SMARTS) is 1. The third-order valence-corrected chi connectivity index (χ3v) is 4.27. The zero-order chi connectivity index (χ0) is 19.6. The Bertz CT molecular complexity index is 511. The molecule has 29 heavy (non-hydrogen) atoms. The van der Waals surface area contributed by atoms with Gasteiger partial charge in [0, 0.05) is 21.7 Å². The van der Waals surface area contributed by atoms with E-state index < -0.39 is 80.8 Å². The summed E-state index contributed by atoms with van der Waals surface area (Å²) in [5.74, 6) is -2.39. The van der Waals surface area contributed by atoms with Gasteiger partial charge in [0.2, 0.25) is 5.79 Å². The van der Waals surface area contributed by atoms with E-state index in [1.165, 1.54) is 0 Å². The molecule has 16 heteroatoms. The number of hydrogen-bond acceptors (Lipinski definition) is 12. The van der Waals surface area contributed by atoms with E-state index in [1.54, 1.807) is 0 Å². The molecule has 0 radical (unpaired) electrons. The van der Waals surface area contributed by atoms with Crippen LogP contribution in [0, 0.1) is 0 Å². The number of carbonyl (C=O) groups is 1. The Balaban J connectivity index is -0.000000729. The van der Waals surface area contributed by atoms with Gasteiger partial charge in [-0.1, -0.05) is 0 Å². The first-order chi connectivity index (χ1) is 12.2. The molecular weight excluding hydrogens is 468 g/mol. The van der Waals surface area contributed by atoms with Gasteiger partial charge in [0.15, 0.2) is 12.4 Å². The summed E-state index contributed by atoms with van der Waals surface area (Å²) in [6, 6.07) is 0. The van der Waals surface area contributed by atoms with Gasteiger partial charge in [-0.05, 0) is 0 Å². The van der Waals surface area contributed by atoms with Gasteiger partial charge >= 0.3 is 43.9 Å². The Hall–Kier alpha value is 0.804. The van der Waals surface area contributed by atoms with E-state index in [4.69, 9.17) is 24.4 Å². The number of rotatable bonds is 6. The van der Waals surface area contributed by atoms with Crippen molar-refractivity contribution < 1.29 is 94.6 Å². The zero-order valence-electron chi connectivity index (χ0n) is 17.1. The van der Waals surface area contributed by atoms with Crippen molar-refractivity contribution in [3.05, 3.63) is 0 Å². The van der Waals surface area contributed by atoms with E-state index in [-0.39, 0.29) is 67.8 Å². The maximum Gasteiger partial charge on any atom is 2.00 e. The van der Waals surface area contributed by atoms with E-state index in [1.807, 2.05) is 0 Å². The van der Waals surface area contributed by atoms with Crippen LogP contribution in [0.2, 0.25) is 0 Å². The van der Waals surface area contributed by atoms with Gasteiger partial charge in [0.1, 0.15) is 43.2 Å². The first-order valence-corrected chi connectivity index (χ1v) is 7.66. The molecule has 0 aromatic heterocycles. The molecular formula is C13H26CaO14Ti. The summed E-state index contributed by atoms with van der Waals surface area (Å²) in [5.41, 5.74) is 0. The molecule has 9 atom stereocenters. The molecule has 2 aliphatic rings. The minimum absolute atomic E-state index is 0. The smallest absolute Gasteiger partial charge is 1.00 e. The van der Waals surface area contributed by atoms with Crippen LogP contribution in [0.25, 0.3) is 0 Å². The molecule has 10 N–H and O–H groups in total. The number of aliphatic hydroxyl groups is 7. The molecule has 0 aliphatic carbocycles. The molecule has 2 aliphatic heterocycles. The average molecular weight is 494 g/mol. The minimum Gasteiger partial charge on any atom is -1.00 e. The second-order valence-corrected chi connectivity index (χ2v) is 5.92. The standard InChI is InChI=1S/C13H22O13.Ca.H2O.Ti.2H/c14-1-4-6(17)8(19)9(20)11(23-4)26-13(3-16)10(24-12(21)22)7(18)5(2-15)25-13;;;;;/h4-11,14-20H,1-3H2,(H,21,22);;1H2;;;/q;+2;;;2*-1/t4-,5-,6-,7-,8+,9-,10+,11-,13+;;;;;/m1...../s1. The fourth-order valence-corrected chi connectivity index (χ4v) is 2.88. The minimum atomic E-state index is -2.39. The fourth-order valence-electron chi connectivity index (χ4n) is 2.88. The van der Waals surface area contributed by atoms with Crippen molar-refractivity contribution >= 4 is 43.9 Å². The van der Waals surface area contributed by atoms with E-state index >= 15 is 0 Å². The quantitative estimate of drug-likeness (QED) is 0.127. The van der Waals surface area contributed by atoms with Crippen LogP contribution in [-0.2, 0) is 40.7 Å². The van der Waals surface area contributed by atoms with E-state index in [0.29, 0.717) is 0 Å². The normalized spacial score (nSPS) is 41.5. The first kappa shape index (κ1) is 32.0. The number of aliphatic hydroxyl groups excluding tert-OH is 7. The molecule has 0 aromatic rings. The zero-order valence-corrected chi connectivity index (χ0v) is 18.8. The Labute approximate surface area is 212 Å². The topological polar surface area (TPSA) is 247 Å². The van der Waals surface area contributed by atoms with Gasteiger partial charge in [0.05, 0.1) is 13.2 Å². The van der Waals surface area contributed by atoms with Crippen LogP contribution < -0.4 is 0 Å². The van der Waals surface area contributed by atoms with Crippen LogP contribution in [0.5, 0.6) is 0 Å². The maximum atomic E-state index is 10.9. The van der Waals surface area contributed by atoms with Crippen molar-refractivity contribution in [2.24, 2.45) is 0 Å². The molecule has 0 aromatic carbocycles. The molecule has 2 rings (SSSR count). The van der Waals surface area contributed by atoms with E-state index in [0.717, 1.165) is 0 Å². The monoisotopic (exact) mass is 494 g/mol. The summed E-state index contributed by atoms with van der Waals surface area (Å²) in [6.45, 7) is -2.62. The van der Waals surface area contributed by atoms with E-state index in [9.17, 15) is 35.4 Å². The van der Waals surface area contributed by atoms with Gasteiger partial charge in [-0.25, -0.2) is 4.79 Å². The van der Waals surface area contributed by atoms with Gasteiger partial charge in [-0.3, -0.25) is 0 Å². The summed E-state index contributed by atoms with van der Waals surface area (Å²) < 4.78 is 20.1. The van der Waals surface area contributed by atoms with Crippen molar-refractivity contribution in [1.82, 2.24) is 0 Å². The Morgan fingerprint density at radius 1 is 0.966 bits per heavy atom.